The van der Waals surface area contributed by atoms with Gasteiger partial charge in [0.25, 0.3) is 0 Å². The number of likely N-dealkylation sites (tertiary alicyclic amines) is 1. The van der Waals surface area contributed by atoms with Gasteiger partial charge in [0, 0.05) is 32.0 Å². The lowest BCUT2D eigenvalue weighted by atomic mass is 10.0. The lowest BCUT2D eigenvalue weighted by Gasteiger charge is -2.34. The summed E-state index contributed by atoms with van der Waals surface area (Å²) < 4.78 is 31.4. The highest BCUT2D eigenvalue weighted by Gasteiger charge is 2.28. The number of hydrogen-bond donors (Lipinski definition) is 1. The van der Waals surface area contributed by atoms with E-state index in [-0.39, 0.29) is 48.5 Å². The van der Waals surface area contributed by atoms with Crippen LogP contribution >= 0.6 is 24.8 Å². The second-order valence-electron chi connectivity index (χ2n) is 5.86. The second-order valence-corrected chi connectivity index (χ2v) is 5.86. The molecule has 0 spiro atoms. The molecular formula is C15H23Cl2F2N3O2. The van der Waals surface area contributed by atoms with Crippen molar-refractivity contribution in [2.24, 2.45) is 11.7 Å². The number of pyridine rings is 1. The third-order valence-electron chi connectivity index (χ3n) is 3.83. The Hall–Kier alpha value is -1.18. The number of carbonyl (C=O) groups is 1. The molecular weight excluding hydrogens is 363 g/mol. The minimum Gasteiger partial charge on any atom is -0.489 e. The van der Waals surface area contributed by atoms with Crippen molar-refractivity contribution in [1.29, 1.82) is 0 Å². The minimum atomic E-state index is -1.14. The first kappa shape index (κ1) is 22.8. The molecule has 0 unspecified atom stereocenters. The maximum Gasteiger partial charge on any atom is 0.249 e. The Morgan fingerprint density at radius 2 is 1.92 bits per heavy atom. The summed E-state index contributed by atoms with van der Waals surface area (Å²) in [6.45, 7) is 4.91. The molecule has 1 aromatic rings. The van der Waals surface area contributed by atoms with E-state index >= 15 is 0 Å². The fourth-order valence-electron chi connectivity index (χ4n) is 2.35. The SMILES string of the molecule is CC(C)[C@H](N)C(=O)N1CCC(Oc2cnc(F)c(F)c2)CC1.Cl.Cl. The molecule has 1 amide bonds. The first-order valence-corrected chi connectivity index (χ1v) is 7.40. The lowest BCUT2D eigenvalue weighted by Crippen LogP contribution is -2.50. The first-order chi connectivity index (χ1) is 10.4. The quantitative estimate of drug-likeness (QED) is 0.808. The smallest absolute Gasteiger partial charge is 0.249 e. The van der Waals surface area contributed by atoms with Crippen LogP contribution in [0.25, 0.3) is 0 Å². The molecule has 1 fully saturated rings. The highest BCUT2D eigenvalue weighted by atomic mass is 35.5. The number of halogens is 4. The van der Waals surface area contributed by atoms with Crippen molar-refractivity contribution in [1.82, 2.24) is 9.88 Å². The topological polar surface area (TPSA) is 68.5 Å². The number of ether oxygens (including phenoxy) is 1. The van der Waals surface area contributed by atoms with E-state index in [1.54, 1.807) is 4.90 Å². The standard InChI is InChI=1S/C15H21F2N3O2.2ClH/c1-9(2)13(18)15(21)20-5-3-10(4-6-20)22-11-7-12(16)14(17)19-8-11;;/h7-10,13H,3-6,18H2,1-2H3;2*1H/t13-;;/m0../s1. The van der Waals surface area contributed by atoms with Crippen molar-refractivity contribution < 1.29 is 18.3 Å². The van der Waals surface area contributed by atoms with Gasteiger partial charge in [0.1, 0.15) is 11.9 Å². The fraction of sp³-hybridized carbons (Fsp3) is 0.600. The van der Waals surface area contributed by atoms with Gasteiger partial charge in [-0.2, -0.15) is 4.39 Å². The van der Waals surface area contributed by atoms with E-state index < -0.39 is 17.8 Å². The molecule has 5 nitrogen and oxygen atoms in total. The molecule has 2 rings (SSSR count). The van der Waals surface area contributed by atoms with Gasteiger partial charge >= 0.3 is 0 Å². The monoisotopic (exact) mass is 385 g/mol. The van der Waals surface area contributed by atoms with E-state index in [0.717, 1.165) is 12.3 Å². The number of rotatable bonds is 4. The van der Waals surface area contributed by atoms with Gasteiger partial charge in [0.2, 0.25) is 11.9 Å². The number of nitrogens with zero attached hydrogens (tertiary/aromatic N) is 2. The number of hydrogen-bond acceptors (Lipinski definition) is 4. The van der Waals surface area contributed by atoms with Crippen molar-refractivity contribution >= 4 is 30.7 Å². The summed E-state index contributed by atoms with van der Waals surface area (Å²) in [5.41, 5.74) is 5.87. The fourth-order valence-corrected chi connectivity index (χ4v) is 2.35. The molecule has 1 aliphatic rings. The second kappa shape index (κ2) is 9.96. The molecule has 2 heterocycles. The van der Waals surface area contributed by atoms with E-state index in [1.807, 2.05) is 13.8 Å². The van der Waals surface area contributed by atoms with E-state index in [2.05, 4.69) is 4.98 Å². The summed E-state index contributed by atoms with van der Waals surface area (Å²) in [5, 5.41) is 0. The third-order valence-corrected chi connectivity index (χ3v) is 3.83. The third kappa shape index (κ3) is 5.72. The first-order valence-electron chi connectivity index (χ1n) is 7.40. The number of nitrogens with two attached hydrogens (primary N) is 1. The zero-order chi connectivity index (χ0) is 16.3. The van der Waals surface area contributed by atoms with Crippen molar-refractivity contribution in [2.75, 3.05) is 13.1 Å². The van der Waals surface area contributed by atoms with Crippen LogP contribution in [0.5, 0.6) is 5.75 Å². The van der Waals surface area contributed by atoms with Gasteiger partial charge in [0.05, 0.1) is 12.2 Å². The van der Waals surface area contributed by atoms with Crippen LogP contribution < -0.4 is 10.5 Å². The number of amides is 1. The van der Waals surface area contributed by atoms with E-state index in [9.17, 15) is 13.6 Å². The van der Waals surface area contributed by atoms with Gasteiger partial charge < -0.3 is 15.4 Å². The molecule has 138 valence electrons. The summed E-state index contributed by atoms with van der Waals surface area (Å²) in [6.07, 6.45) is 2.25. The Kier molecular flexibility index (Phi) is 9.47. The molecule has 0 aromatic carbocycles. The number of aromatic nitrogens is 1. The maximum absolute atomic E-state index is 13.1. The van der Waals surface area contributed by atoms with Crippen molar-refractivity contribution in [3.63, 3.8) is 0 Å². The largest absolute Gasteiger partial charge is 0.489 e. The molecule has 9 heteroatoms. The van der Waals surface area contributed by atoms with Crippen LogP contribution in [0.15, 0.2) is 12.3 Å². The van der Waals surface area contributed by atoms with Gasteiger partial charge in [-0.3, -0.25) is 4.79 Å². The number of carbonyl (C=O) groups excluding carboxylic acids is 1. The summed E-state index contributed by atoms with van der Waals surface area (Å²) in [6, 6.07) is 0.488. The zero-order valence-corrected chi connectivity index (χ0v) is 15.2. The lowest BCUT2D eigenvalue weighted by molar-refractivity contribution is -0.135. The zero-order valence-electron chi connectivity index (χ0n) is 13.6. The van der Waals surface area contributed by atoms with Crippen LogP contribution in [0.1, 0.15) is 26.7 Å². The van der Waals surface area contributed by atoms with Crippen LogP contribution in [0.4, 0.5) is 8.78 Å². The molecule has 1 aromatic heterocycles. The highest BCUT2D eigenvalue weighted by molar-refractivity contribution is 5.85. The van der Waals surface area contributed by atoms with E-state index in [0.29, 0.717) is 25.9 Å². The highest BCUT2D eigenvalue weighted by Crippen LogP contribution is 2.20. The number of piperidine rings is 1. The molecule has 1 aliphatic heterocycles. The van der Waals surface area contributed by atoms with E-state index in [1.165, 1.54) is 0 Å². The molecule has 24 heavy (non-hydrogen) atoms. The molecule has 1 saturated heterocycles. The summed E-state index contributed by atoms with van der Waals surface area (Å²) in [4.78, 5) is 17.2. The predicted octanol–water partition coefficient (Wildman–Crippen LogP) is 2.56. The van der Waals surface area contributed by atoms with Crippen molar-refractivity contribution in [3.05, 3.63) is 24.0 Å². The average Bonchev–Trinajstić information content (AvgIpc) is 2.50. The molecule has 0 aliphatic carbocycles. The van der Waals surface area contributed by atoms with Crippen LogP contribution in [0.2, 0.25) is 0 Å². The molecule has 0 saturated carbocycles. The van der Waals surface area contributed by atoms with Gasteiger partial charge in [-0.15, -0.1) is 24.8 Å². The summed E-state index contributed by atoms with van der Waals surface area (Å²) >= 11 is 0. The Morgan fingerprint density at radius 1 is 1.33 bits per heavy atom. The molecule has 0 bridgehead atoms. The van der Waals surface area contributed by atoms with Gasteiger partial charge in [-0.25, -0.2) is 9.37 Å². The minimum absolute atomic E-state index is 0. The molecule has 1 atom stereocenters. The predicted molar refractivity (Wildman–Crippen MR) is 91.7 cm³/mol. The van der Waals surface area contributed by atoms with E-state index in [4.69, 9.17) is 10.5 Å². The van der Waals surface area contributed by atoms with Crippen molar-refractivity contribution in [3.8, 4) is 5.75 Å². The van der Waals surface area contributed by atoms with Crippen LogP contribution in [0, 0.1) is 17.7 Å². The summed E-state index contributed by atoms with van der Waals surface area (Å²) in [5.74, 6) is -1.94. The summed E-state index contributed by atoms with van der Waals surface area (Å²) in [7, 11) is 0. The van der Waals surface area contributed by atoms with Crippen LogP contribution in [0.3, 0.4) is 0 Å². The Balaban J connectivity index is 0.00000264. The van der Waals surface area contributed by atoms with Gasteiger partial charge in [0.15, 0.2) is 5.82 Å². The van der Waals surface area contributed by atoms with Crippen molar-refractivity contribution in [2.45, 2.75) is 38.8 Å². The van der Waals surface area contributed by atoms with Gasteiger partial charge in [-0.05, 0) is 5.92 Å². The Morgan fingerprint density at radius 3 is 2.42 bits per heavy atom. The molecule has 2 N–H and O–H groups in total. The Bertz CT molecular complexity index is 541. The normalized spacial score (nSPS) is 16.2. The van der Waals surface area contributed by atoms with Gasteiger partial charge in [-0.1, -0.05) is 13.8 Å². The Labute approximate surface area is 152 Å². The van der Waals surface area contributed by atoms with Crippen LogP contribution in [-0.2, 0) is 4.79 Å². The average molecular weight is 386 g/mol. The molecule has 0 radical (unpaired) electrons. The van der Waals surface area contributed by atoms with Crippen LogP contribution in [-0.4, -0.2) is 41.0 Å². The maximum atomic E-state index is 13.1.